The zero-order valence-electron chi connectivity index (χ0n) is 6.47. The van der Waals surface area contributed by atoms with Crippen molar-refractivity contribution in [3.8, 4) is 0 Å². The summed E-state index contributed by atoms with van der Waals surface area (Å²) in [5.41, 5.74) is 0. The molecule has 0 amide bonds. The predicted molar refractivity (Wildman–Crippen MR) is 38.0 cm³/mol. The molecular formula is C7H14O4. The first-order valence-corrected chi connectivity index (χ1v) is 3.75. The fourth-order valence-electron chi connectivity index (χ4n) is 1.20. The second kappa shape index (κ2) is 3.49. The number of aliphatic hydroxyl groups is 3. The summed E-state index contributed by atoms with van der Waals surface area (Å²) in [7, 11) is 0. The Labute approximate surface area is 65.4 Å². The predicted octanol–water partition coefficient (Wildman–Crippen LogP) is -1.26. The summed E-state index contributed by atoms with van der Waals surface area (Å²) in [6, 6.07) is 0. The summed E-state index contributed by atoms with van der Waals surface area (Å²) >= 11 is 0. The van der Waals surface area contributed by atoms with E-state index in [1.807, 2.05) is 0 Å². The monoisotopic (exact) mass is 162 g/mol. The van der Waals surface area contributed by atoms with Crippen molar-refractivity contribution in [1.29, 1.82) is 0 Å². The summed E-state index contributed by atoms with van der Waals surface area (Å²) in [4.78, 5) is 0. The van der Waals surface area contributed by atoms with Crippen molar-refractivity contribution in [2.45, 2.75) is 25.2 Å². The standard InChI is InChI=1S/C7H14O4/c1-4-5(9)3-11-6(2-8)7(4)10/h4-10H,2-3H2,1H3/t4-,5+,6?,7?/m0/s1. The first-order valence-electron chi connectivity index (χ1n) is 3.75. The Hall–Kier alpha value is -0.160. The van der Waals surface area contributed by atoms with Gasteiger partial charge in [0.05, 0.1) is 25.4 Å². The van der Waals surface area contributed by atoms with E-state index >= 15 is 0 Å². The van der Waals surface area contributed by atoms with Crippen LogP contribution < -0.4 is 0 Å². The number of aliphatic hydroxyl groups excluding tert-OH is 3. The molecule has 0 spiro atoms. The van der Waals surface area contributed by atoms with Gasteiger partial charge in [0, 0.05) is 5.92 Å². The molecule has 1 rings (SSSR count). The van der Waals surface area contributed by atoms with Gasteiger partial charge >= 0.3 is 0 Å². The van der Waals surface area contributed by atoms with Crippen LogP contribution in [0.4, 0.5) is 0 Å². The van der Waals surface area contributed by atoms with Gasteiger partial charge in [-0.25, -0.2) is 0 Å². The Morgan fingerprint density at radius 1 is 1.45 bits per heavy atom. The molecule has 1 fully saturated rings. The molecule has 0 aliphatic carbocycles. The summed E-state index contributed by atoms with van der Waals surface area (Å²) in [6.45, 7) is 1.74. The lowest BCUT2D eigenvalue weighted by Gasteiger charge is -2.35. The Kier molecular flexibility index (Phi) is 2.84. The van der Waals surface area contributed by atoms with Crippen molar-refractivity contribution in [3.63, 3.8) is 0 Å². The zero-order chi connectivity index (χ0) is 8.43. The Morgan fingerprint density at radius 2 is 2.09 bits per heavy atom. The molecule has 0 aromatic carbocycles. The molecule has 0 saturated carbocycles. The van der Waals surface area contributed by atoms with E-state index in [-0.39, 0.29) is 19.1 Å². The van der Waals surface area contributed by atoms with Gasteiger partial charge in [-0.1, -0.05) is 6.92 Å². The number of hydrogen-bond acceptors (Lipinski definition) is 4. The van der Waals surface area contributed by atoms with E-state index in [1.165, 1.54) is 0 Å². The lowest BCUT2D eigenvalue weighted by atomic mass is 9.92. The van der Waals surface area contributed by atoms with Crippen LogP contribution in [0.15, 0.2) is 0 Å². The van der Waals surface area contributed by atoms with E-state index in [9.17, 15) is 10.2 Å². The van der Waals surface area contributed by atoms with Gasteiger partial charge in [-0.05, 0) is 0 Å². The van der Waals surface area contributed by atoms with Gasteiger partial charge < -0.3 is 20.1 Å². The minimum Gasteiger partial charge on any atom is -0.394 e. The molecule has 1 saturated heterocycles. The van der Waals surface area contributed by atoms with Crippen molar-refractivity contribution in [3.05, 3.63) is 0 Å². The third-order valence-electron chi connectivity index (χ3n) is 2.19. The average Bonchev–Trinajstić information content (AvgIpc) is 2.01. The maximum atomic E-state index is 9.36. The van der Waals surface area contributed by atoms with Crippen molar-refractivity contribution in [2.75, 3.05) is 13.2 Å². The minimum absolute atomic E-state index is 0.196. The van der Waals surface area contributed by atoms with E-state index < -0.39 is 18.3 Å². The largest absolute Gasteiger partial charge is 0.394 e. The second-order valence-corrected chi connectivity index (χ2v) is 2.97. The summed E-state index contributed by atoms with van der Waals surface area (Å²) < 4.78 is 4.97. The fourth-order valence-corrected chi connectivity index (χ4v) is 1.20. The van der Waals surface area contributed by atoms with Crippen LogP contribution in [-0.4, -0.2) is 46.8 Å². The van der Waals surface area contributed by atoms with Crippen molar-refractivity contribution < 1.29 is 20.1 Å². The quantitative estimate of drug-likeness (QED) is 0.450. The Morgan fingerprint density at radius 3 is 2.64 bits per heavy atom. The molecule has 4 nitrogen and oxygen atoms in total. The van der Waals surface area contributed by atoms with Gasteiger partial charge in [0.2, 0.25) is 0 Å². The molecule has 1 aliphatic heterocycles. The molecular weight excluding hydrogens is 148 g/mol. The SMILES string of the molecule is C[C@@H]1C(O)C(CO)OC[C@H]1O. The van der Waals surface area contributed by atoms with E-state index in [2.05, 4.69) is 0 Å². The lowest BCUT2D eigenvalue weighted by molar-refractivity contribution is -0.165. The highest BCUT2D eigenvalue weighted by Gasteiger charge is 2.34. The van der Waals surface area contributed by atoms with Crippen LogP contribution in [0.3, 0.4) is 0 Å². The summed E-state index contributed by atoms with van der Waals surface area (Å²) in [6.07, 6.45) is -1.91. The van der Waals surface area contributed by atoms with Crippen LogP contribution in [0.2, 0.25) is 0 Å². The minimum atomic E-state index is -0.760. The van der Waals surface area contributed by atoms with Crippen LogP contribution in [-0.2, 0) is 4.74 Å². The van der Waals surface area contributed by atoms with Gasteiger partial charge in [0.25, 0.3) is 0 Å². The van der Waals surface area contributed by atoms with Crippen LogP contribution in [0.1, 0.15) is 6.92 Å². The lowest BCUT2D eigenvalue weighted by Crippen LogP contribution is -2.49. The van der Waals surface area contributed by atoms with E-state index in [0.29, 0.717) is 0 Å². The smallest absolute Gasteiger partial charge is 0.107 e. The Balaban J connectivity index is 2.52. The first-order chi connectivity index (χ1) is 5.16. The highest BCUT2D eigenvalue weighted by Crippen LogP contribution is 2.20. The van der Waals surface area contributed by atoms with E-state index in [0.717, 1.165) is 0 Å². The number of ether oxygens (including phenoxy) is 1. The molecule has 0 aromatic rings. The molecule has 2 unspecified atom stereocenters. The molecule has 1 aliphatic rings. The normalized spacial score (nSPS) is 45.8. The van der Waals surface area contributed by atoms with Gasteiger partial charge in [-0.2, -0.15) is 0 Å². The van der Waals surface area contributed by atoms with Gasteiger partial charge in [-0.15, -0.1) is 0 Å². The summed E-state index contributed by atoms with van der Waals surface area (Å²) in [5.74, 6) is -0.221. The first kappa shape index (κ1) is 8.93. The van der Waals surface area contributed by atoms with Crippen molar-refractivity contribution in [2.24, 2.45) is 5.92 Å². The topological polar surface area (TPSA) is 69.9 Å². The van der Waals surface area contributed by atoms with Crippen LogP contribution in [0.5, 0.6) is 0 Å². The van der Waals surface area contributed by atoms with Gasteiger partial charge in [0.15, 0.2) is 0 Å². The van der Waals surface area contributed by atoms with Crippen molar-refractivity contribution >= 4 is 0 Å². The molecule has 11 heavy (non-hydrogen) atoms. The highest BCUT2D eigenvalue weighted by atomic mass is 16.5. The van der Waals surface area contributed by atoms with Crippen LogP contribution in [0, 0.1) is 5.92 Å². The van der Waals surface area contributed by atoms with E-state index in [4.69, 9.17) is 9.84 Å². The van der Waals surface area contributed by atoms with E-state index in [1.54, 1.807) is 6.92 Å². The average molecular weight is 162 g/mol. The zero-order valence-corrected chi connectivity index (χ0v) is 6.47. The summed E-state index contributed by atoms with van der Waals surface area (Å²) in [5, 5.41) is 27.3. The highest BCUT2D eigenvalue weighted by molar-refractivity contribution is 4.83. The third kappa shape index (κ3) is 1.70. The molecule has 4 heteroatoms. The van der Waals surface area contributed by atoms with Crippen LogP contribution in [0.25, 0.3) is 0 Å². The Bertz CT molecular complexity index is 126. The molecule has 3 N–H and O–H groups in total. The van der Waals surface area contributed by atoms with Crippen molar-refractivity contribution in [1.82, 2.24) is 0 Å². The maximum Gasteiger partial charge on any atom is 0.107 e. The maximum absolute atomic E-state index is 9.36. The van der Waals surface area contributed by atoms with Crippen LogP contribution >= 0.6 is 0 Å². The van der Waals surface area contributed by atoms with Gasteiger partial charge in [0.1, 0.15) is 6.10 Å². The molecule has 4 atom stereocenters. The number of rotatable bonds is 1. The molecule has 66 valence electrons. The molecule has 0 bridgehead atoms. The molecule has 0 aromatic heterocycles. The molecule has 0 radical (unpaired) electrons. The molecule has 1 heterocycles. The fraction of sp³-hybridized carbons (Fsp3) is 1.00. The second-order valence-electron chi connectivity index (χ2n) is 2.97. The third-order valence-corrected chi connectivity index (χ3v) is 2.19. The number of hydrogen-bond donors (Lipinski definition) is 3. The van der Waals surface area contributed by atoms with Gasteiger partial charge in [-0.3, -0.25) is 0 Å².